The van der Waals surface area contributed by atoms with Gasteiger partial charge in [0.15, 0.2) is 12.4 Å². The maximum atomic E-state index is 12.0. The van der Waals surface area contributed by atoms with Crippen LogP contribution in [0.4, 0.5) is 5.69 Å². The predicted octanol–water partition coefficient (Wildman–Crippen LogP) is 3.51. The summed E-state index contributed by atoms with van der Waals surface area (Å²) in [4.78, 5) is 37.1. The van der Waals surface area contributed by atoms with Gasteiger partial charge in [0, 0.05) is 29.7 Å². The summed E-state index contributed by atoms with van der Waals surface area (Å²) in [6.07, 6.45) is -0.0625. The van der Waals surface area contributed by atoms with Crippen LogP contribution in [0.5, 0.6) is 0 Å². The molecule has 130 valence electrons. The summed E-state index contributed by atoms with van der Waals surface area (Å²) >= 11 is 5.76. The molecular formula is C19H18ClNO4. The molecule has 6 heteroatoms. The van der Waals surface area contributed by atoms with Gasteiger partial charge in [0.1, 0.15) is 0 Å². The van der Waals surface area contributed by atoms with Crippen molar-refractivity contribution in [1.29, 1.82) is 0 Å². The Morgan fingerprint density at radius 2 is 1.60 bits per heavy atom. The standard InChI is InChI=1S/C19H18ClNO4/c1-21(16-5-3-2-4-6-16)18(23)13-25-19(24)12-11-17(22)14-7-9-15(20)10-8-14/h2-10H,11-13H2,1H3. The molecule has 5 nitrogen and oxygen atoms in total. The molecule has 0 saturated heterocycles. The zero-order chi connectivity index (χ0) is 18.2. The van der Waals surface area contributed by atoms with Crippen LogP contribution < -0.4 is 4.90 Å². The molecule has 0 atom stereocenters. The van der Waals surface area contributed by atoms with Gasteiger partial charge in [0.2, 0.25) is 0 Å². The van der Waals surface area contributed by atoms with E-state index in [1.165, 1.54) is 4.90 Å². The summed E-state index contributed by atoms with van der Waals surface area (Å²) in [6, 6.07) is 15.5. The van der Waals surface area contributed by atoms with Crippen molar-refractivity contribution in [2.24, 2.45) is 0 Å². The Morgan fingerprint density at radius 3 is 2.24 bits per heavy atom. The third-order valence-electron chi connectivity index (χ3n) is 3.60. The first-order valence-electron chi connectivity index (χ1n) is 7.73. The van der Waals surface area contributed by atoms with Crippen LogP contribution in [-0.2, 0) is 14.3 Å². The highest BCUT2D eigenvalue weighted by molar-refractivity contribution is 6.30. The molecule has 0 aliphatic carbocycles. The Kier molecular flexibility index (Phi) is 6.71. The number of esters is 1. The van der Waals surface area contributed by atoms with Gasteiger partial charge >= 0.3 is 5.97 Å². The molecule has 0 bridgehead atoms. The van der Waals surface area contributed by atoms with Crippen LogP contribution in [0, 0.1) is 0 Å². The summed E-state index contributed by atoms with van der Waals surface area (Å²) in [7, 11) is 1.61. The van der Waals surface area contributed by atoms with Crippen LogP contribution in [-0.4, -0.2) is 31.3 Å². The van der Waals surface area contributed by atoms with Gasteiger partial charge in [-0.25, -0.2) is 0 Å². The quantitative estimate of drug-likeness (QED) is 0.560. The molecule has 0 unspecified atom stereocenters. The predicted molar refractivity (Wildman–Crippen MR) is 95.8 cm³/mol. The van der Waals surface area contributed by atoms with Gasteiger partial charge in [-0.15, -0.1) is 0 Å². The molecule has 2 aromatic rings. The number of carbonyl (C=O) groups excluding carboxylic acids is 3. The lowest BCUT2D eigenvalue weighted by Crippen LogP contribution is -2.31. The molecule has 0 radical (unpaired) electrons. The Labute approximate surface area is 151 Å². The highest BCUT2D eigenvalue weighted by Crippen LogP contribution is 2.13. The minimum absolute atomic E-state index is 0.0170. The number of benzene rings is 2. The van der Waals surface area contributed by atoms with E-state index in [1.807, 2.05) is 18.2 Å². The number of rotatable bonds is 7. The van der Waals surface area contributed by atoms with E-state index < -0.39 is 5.97 Å². The lowest BCUT2D eigenvalue weighted by molar-refractivity contribution is -0.147. The molecule has 2 rings (SSSR count). The van der Waals surface area contributed by atoms with E-state index in [9.17, 15) is 14.4 Å². The van der Waals surface area contributed by atoms with Gasteiger partial charge in [-0.05, 0) is 36.4 Å². The number of amides is 1. The topological polar surface area (TPSA) is 63.7 Å². The van der Waals surface area contributed by atoms with Crippen LogP contribution in [0.15, 0.2) is 54.6 Å². The average Bonchev–Trinajstić information content (AvgIpc) is 2.64. The first-order valence-corrected chi connectivity index (χ1v) is 8.11. The van der Waals surface area contributed by atoms with E-state index in [2.05, 4.69) is 0 Å². The molecule has 0 aliphatic heterocycles. The second-order valence-electron chi connectivity index (χ2n) is 5.38. The van der Waals surface area contributed by atoms with Crippen LogP contribution in [0.2, 0.25) is 5.02 Å². The number of hydrogen-bond acceptors (Lipinski definition) is 4. The third-order valence-corrected chi connectivity index (χ3v) is 3.85. The minimum Gasteiger partial charge on any atom is -0.456 e. The fourth-order valence-corrected chi connectivity index (χ4v) is 2.23. The Balaban J connectivity index is 1.76. The van der Waals surface area contributed by atoms with E-state index in [1.54, 1.807) is 43.4 Å². The van der Waals surface area contributed by atoms with Gasteiger partial charge in [-0.1, -0.05) is 29.8 Å². The highest BCUT2D eigenvalue weighted by Gasteiger charge is 2.15. The lowest BCUT2D eigenvalue weighted by atomic mass is 10.1. The van der Waals surface area contributed by atoms with Crippen molar-refractivity contribution >= 4 is 34.9 Å². The zero-order valence-electron chi connectivity index (χ0n) is 13.8. The molecule has 0 fully saturated rings. The Bertz CT molecular complexity index is 744. The molecule has 0 heterocycles. The number of likely N-dealkylation sites (N-methyl/N-ethyl adjacent to an activating group) is 1. The normalized spacial score (nSPS) is 10.2. The van der Waals surface area contributed by atoms with Crippen LogP contribution in [0.1, 0.15) is 23.2 Å². The van der Waals surface area contributed by atoms with Crippen molar-refractivity contribution in [3.05, 3.63) is 65.2 Å². The average molecular weight is 360 g/mol. The van der Waals surface area contributed by atoms with Crippen molar-refractivity contribution in [3.8, 4) is 0 Å². The van der Waals surface area contributed by atoms with E-state index >= 15 is 0 Å². The summed E-state index contributed by atoms with van der Waals surface area (Å²) < 4.78 is 4.95. The van der Waals surface area contributed by atoms with E-state index in [-0.39, 0.29) is 31.1 Å². The fourth-order valence-electron chi connectivity index (χ4n) is 2.10. The number of ether oxygens (including phenoxy) is 1. The third kappa shape index (κ3) is 5.72. The van der Waals surface area contributed by atoms with Crippen LogP contribution in [0.25, 0.3) is 0 Å². The maximum absolute atomic E-state index is 12.0. The zero-order valence-corrected chi connectivity index (χ0v) is 14.5. The monoisotopic (exact) mass is 359 g/mol. The fraction of sp³-hybridized carbons (Fsp3) is 0.211. The number of hydrogen-bond donors (Lipinski definition) is 0. The SMILES string of the molecule is CN(C(=O)COC(=O)CCC(=O)c1ccc(Cl)cc1)c1ccccc1. The molecule has 0 N–H and O–H groups in total. The molecule has 2 aromatic carbocycles. The van der Waals surface area contributed by atoms with Crippen molar-refractivity contribution in [1.82, 2.24) is 0 Å². The van der Waals surface area contributed by atoms with Crippen molar-refractivity contribution in [2.45, 2.75) is 12.8 Å². The number of anilines is 1. The van der Waals surface area contributed by atoms with Crippen molar-refractivity contribution in [2.75, 3.05) is 18.6 Å². The summed E-state index contributed by atoms with van der Waals surface area (Å²) in [5, 5.41) is 0.539. The van der Waals surface area contributed by atoms with Crippen molar-refractivity contribution in [3.63, 3.8) is 0 Å². The van der Waals surface area contributed by atoms with Crippen LogP contribution >= 0.6 is 11.6 Å². The number of ketones is 1. The molecule has 1 amide bonds. The van der Waals surface area contributed by atoms with Gasteiger partial charge < -0.3 is 9.64 Å². The number of para-hydroxylation sites is 1. The highest BCUT2D eigenvalue weighted by atomic mass is 35.5. The van der Waals surface area contributed by atoms with Crippen LogP contribution in [0.3, 0.4) is 0 Å². The first-order chi connectivity index (χ1) is 12.0. The van der Waals surface area contributed by atoms with Gasteiger partial charge in [-0.2, -0.15) is 0 Å². The Hall–Kier alpha value is -2.66. The second kappa shape index (κ2) is 8.99. The van der Waals surface area contributed by atoms with Gasteiger partial charge in [0.25, 0.3) is 5.91 Å². The van der Waals surface area contributed by atoms with Gasteiger partial charge in [0.05, 0.1) is 6.42 Å². The number of halogens is 1. The Morgan fingerprint density at radius 1 is 0.960 bits per heavy atom. The largest absolute Gasteiger partial charge is 0.456 e. The van der Waals surface area contributed by atoms with Gasteiger partial charge in [-0.3, -0.25) is 14.4 Å². The summed E-state index contributed by atoms with van der Waals surface area (Å²) in [5.41, 5.74) is 1.19. The second-order valence-corrected chi connectivity index (χ2v) is 5.82. The molecule has 0 aromatic heterocycles. The lowest BCUT2D eigenvalue weighted by Gasteiger charge is -2.17. The number of carbonyl (C=O) groups is 3. The molecule has 0 spiro atoms. The summed E-state index contributed by atoms with van der Waals surface area (Å²) in [6.45, 7) is -0.362. The van der Waals surface area contributed by atoms with E-state index in [0.717, 1.165) is 0 Å². The molecule has 0 saturated carbocycles. The number of Topliss-reactive ketones (excluding diaryl/α,β-unsaturated/α-hetero) is 1. The smallest absolute Gasteiger partial charge is 0.306 e. The van der Waals surface area contributed by atoms with E-state index in [4.69, 9.17) is 16.3 Å². The summed E-state index contributed by atoms with van der Waals surface area (Å²) in [5.74, 6) is -1.11. The van der Waals surface area contributed by atoms with E-state index in [0.29, 0.717) is 16.3 Å². The number of nitrogens with zero attached hydrogens (tertiary/aromatic N) is 1. The molecular weight excluding hydrogens is 342 g/mol. The maximum Gasteiger partial charge on any atom is 0.306 e. The van der Waals surface area contributed by atoms with Crippen molar-refractivity contribution < 1.29 is 19.1 Å². The molecule has 25 heavy (non-hydrogen) atoms. The minimum atomic E-state index is -0.586. The first kappa shape index (κ1) is 18.7. The molecule has 0 aliphatic rings.